The Morgan fingerprint density at radius 2 is 1.70 bits per heavy atom. The number of carbonyl (C=O) groups is 1. The van der Waals surface area contributed by atoms with Crippen LogP contribution in [0.1, 0.15) is 12.8 Å². The van der Waals surface area contributed by atoms with Gasteiger partial charge in [-0.15, -0.1) is 0 Å². The summed E-state index contributed by atoms with van der Waals surface area (Å²) < 4.78 is 0. The molecule has 104 valence electrons. The first-order valence-electron chi connectivity index (χ1n) is 6.56. The molecule has 1 atom stereocenters. The Balaban J connectivity index is 0.000000160. The Hall–Kier alpha value is -2.27. The quantitative estimate of drug-likeness (QED) is 0.873. The lowest BCUT2D eigenvalue weighted by Crippen LogP contribution is -2.29. The number of hydrogen-bond donors (Lipinski definition) is 2. The molecule has 2 N–H and O–H groups in total. The maximum absolute atomic E-state index is 10.1. The number of hydrogen-bond acceptors (Lipinski definition) is 4. The first kappa shape index (κ1) is 14.1. The van der Waals surface area contributed by atoms with Gasteiger partial charge in [-0.3, -0.25) is 14.8 Å². The Bertz CT molecular complexity index is 488. The van der Waals surface area contributed by atoms with Crippen LogP contribution in [-0.2, 0) is 4.79 Å². The van der Waals surface area contributed by atoms with Crippen LogP contribution in [-0.4, -0.2) is 33.6 Å². The molecule has 2 aromatic heterocycles. The predicted molar refractivity (Wildman–Crippen MR) is 76.1 cm³/mol. The van der Waals surface area contributed by atoms with Crippen LogP contribution >= 0.6 is 0 Å². The van der Waals surface area contributed by atoms with Crippen LogP contribution in [0.15, 0.2) is 48.8 Å². The van der Waals surface area contributed by atoms with E-state index in [2.05, 4.69) is 15.3 Å². The van der Waals surface area contributed by atoms with Crippen molar-refractivity contribution in [1.82, 2.24) is 15.3 Å². The molecule has 5 heteroatoms. The van der Waals surface area contributed by atoms with Crippen molar-refractivity contribution in [2.24, 2.45) is 0 Å². The van der Waals surface area contributed by atoms with E-state index in [9.17, 15) is 4.79 Å². The monoisotopic (exact) mass is 271 g/mol. The molecule has 0 spiro atoms. The SMILES string of the molecule is O=C(O)[C@@H]1CCCN1.c1ccc(-c2ccccn2)nc1. The number of nitrogens with zero attached hydrogens (tertiary/aromatic N) is 2. The van der Waals surface area contributed by atoms with E-state index in [4.69, 9.17) is 5.11 Å². The van der Waals surface area contributed by atoms with Crippen molar-refractivity contribution in [1.29, 1.82) is 0 Å². The first-order valence-corrected chi connectivity index (χ1v) is 6.56. The second-order valence-electron chi connectivity index (χ2n) is 4.42. The van der Waals surface area contributed by atoms with Crippen molar-refractivity contribution in [3.8, 4) is 11.4 Å². The number of aromatic nitrogens is 2. The second-order valence-corrected chi connectivity index (χ2v) is 4.42. The molecular weight excluding hydrogens is 254 g/mol. The highest BCUT2D eigenvalue weighted by Crippen LogP contribution is 2.10. The highest BCUT2D eigenvalue weighted by molar-refractivity contribution is 5.73. The summed E-state index contributed by atoms with van der Waals surface area (Å²) in [6.07, 6.45) is 5.32. The minimum Gasteiger partial charge on any atom is -0.480 e. The topological polar surface area (TPSA) is 75.1 Å². The summed E-state index contributed by atoms with van der Waals surface area (Å²) in [6, 6.07) is 11.3. The Morgan fingerprint density at radius 1 is 1.10 bits per heavy atom. The van der Waals surface area contributed by atoms with E-state index in [-0.39, 0.29) is 6.04 Å². The zero-order valence-corrected chi connectivity index (χ0v) is 11.1. The minimum atomic E-state index is -0.720. The van der Waals surface area contributed by atoms with E-state index in [1.165, 1.54) is 0 Å². The Labute approximate surface area is 117 Å². The molecule has 20 heavy (non-hydrogen) atoms. The van der Waals surface area contributed by atoms with Gasteiger partial charge in [-0.1, -0.05) is 12.1 Å². The maximum Gasteiger partial charge on any atom is 0.320 e. The van der Waals surface area contributed by atoms with E-state index < -0.39 is 5.97 Å². The van der Waals surface area contributed by atoms with E-state index in [1.807, 2.05) is 36.4 Å². The van der Waals surface area contributed by atoms with Gasteiger partial charge in [0, 0.05) is 12.4 Å². The van der Waals surface area contributed by atoms with Crippen LogP contribution in [0.3, 0.4) is 0 Å². The Kier molecular flexibility index (Phi) is 5.20. The van der Waals surface area contributed by atoms with Gasteiger partial charge in [-0.25, -0.2) is 0 Å². The molecule has 3 heterocycles. The molecule has 0 saturated carbocycles. The molecule has 2 aromatic rings. The molecule has 1 aliphatic heterocycles. The van der Waals surface area contributed by atoms with Crippen molar-refractivity contribution in [2.75, 3.05) is 6.54 Å². The maximum atomic E-state index is 10.1. The van der Waals surface area contributed by atoms with Crippen molar-refractivity contribution in [3.63, 3.8) is 0 Å². The molecule has 1 aliphatic rings. The molecule has 1 saturated heterocycles. The van der Waals surface area contributed by atoms with Gasteiger partial charge in [0.2, 0.25) is 0 Å². The van der Waals surface area contributed by atoms with E-state index >= 15 is 0 Å². The highest BCUT2D eigenvalue weighted by atomic mass is 16.4. The lowest BCUT2D eigenvalue weighted by atomic mass is 10.2. The number of rotatable bonds is 2. The first-order chi connectivity index (χ1) is 9.77. The lowest BCUT2D eigenvalue weighted by Gasteiger charge is -1.99. The summed E-state index contributed by atoms with van der Waals surface area (Å²) in [7, 11) is 0. The van der Waals surface area contributed by atoms with Gasteiger partial charge in [0.1, 0.15) is 6.04 Å². The summed E-state index contributed by atoms with van der Waals surface area (Å²) in [5.41, 5.74) is 1.83. The van der Waals surface area contributed by atoms with Gasteiger partial charge < -0.3 is 10.4 Å². The average molecular weight is 271 g/mol. The average Bonchev–Trinajstić information content (AvgIpc) is 3.04. The summed E-state index contributed by atoms with van der Waals surface area (Å²) >= 11 is 0. The van der Waals surface area contributed by atoms with Crippen LogP contribution in [0.5, 0.6) is 0 Å². The molecule has 0 aliphatic carbocycles. The summed E-state index contributed by atoms with van der Waals surface area (Å²) in [4.78, 5) is 18.5. The molecular formula is C15H17N3O2. The third-order valence-corrected chi connectivity index (χ3v) is 2.95. The number of carboxylic acids is 1. The van der Waals surface area contributed by atoms with Gasteiger partial charge >= 0.3 is 5.97 Å². The van der Waals surface area contributed by atoms with Gasteiger partial charge in [0.05, 0.1) is 11.4 Å². The van der Waals surface area contributed by atoms with Crippen LogP contribution in [0.2, 0.25) is 0 Å². The molecule has 0 unspecified atom stereocenters. The molecule has 0 aromatic carbocycles. The van der Waals surface area contributed by atoms with Crippen molar-refractivity contribution in [2.45, 2.75) is 18.9 Å². The van der Waals surface area contributed by atoms with Crippen LogP contribution in [0.25, 0.3) is 11.4 Å². The third kappa shape index (κ3) is 4.13. The van der Waals surface area contributed by atoms with Gasteiger partial charge in [0.15, 0.2) is 0 Å². The lowest BCUT2D eigenvalue weighted by molar-refractivity contribution is -0.139. The summed E-state index contributed by atoms with van der Waals surface area (Å²) in [5.74, 6) is -0.720. The normalized spacial score (nSPS) is 17.1. The zero-order valence-electron chi connectivity index (χ0n) is 11.1. The molecule has 3 rings (SSSR count). The largest absolute Gasteiger partial charge is 0.480 e. The minimum absolute atomic E-state index is 0.269. The zero-order chi connectivity index (χ0) is 14.2. The summed E-state index contributed by atoms with van der Waals surface area (Å²) in [6.45, 7) is 0.858. The molecule has 1 fully saturated rings. The fourth-order valence-electron chi connectivity index (χ4n) is 1.92. The number of nitrogens with one attached hydrogen (secondary N) is 1. The third-order valence-electron chi connectivity index (χ3n) is 2.95. The standard InChI is InChI=1S/C10H8N2.C5H9NO2/c1-3-7-11-9(5-1)10-6-2-4-8-12-10;7-5(8)4-2-1-3-6-4/h1-8H;4,6H,1-3H2,(H,7,8)/t;4-/m.0/s1. The highest BCUT2D eigenvalue weighted by Gasteiger charge is 2.20. The van der Waals surface area contributed by atoms with Crippen molar-refractivity contribution < 1.29 is 9.90 Å². The Morgan fingerprint density at radius 3 is 2.00 bits per heavy atom. The summed E-state index contributed by atoms with van der Waals surface area (Å²) in [5, 5.41) is 11.2. The number of carboxylic acid groups (broad SMARTS) is 1. The van der Waals surface area contributed by atoms with Gasteiger partial charge in [-0.05, 0) is 43.7 Å². The van der Waals surface area contributed by atoms with Crippen LogP contribution < -0.4 is 5.32 Å². The van der Waals surface area contributed by atoms with Gasteiger partial charge in [0.25, 0.3) is 0 Å². The number of pyridine rings is 2. The van der Waals surface area contributed by atoms with Gasteiger partial charge in [-0.2, -0.15) is 0 Å². The second kappa shape index (κ2) is 7.35. The molecule has 0 bridgehead atoms. The van der Waals surface area contributed by atoms with Crippen molar-refractivity contribution >= 4 is 5.97 Å². The molecule has 0 amide bonds. The van der Waals surface area contributed by atoms with Crippen molar-refractivity contribution in [3.05, 3.63) is 48.8 Å². The fourth-order valence-corrected chi connectivity index (χ4v) is 1.92. The van der Waals surface area contributed by atoms with E-state index in [1.54, 1.807) is 12.4 Å². The smallest absolute Gasteiger partial charge is 0.320 e. The van der Waals surface area contributed by atoms with Crippen LogP contribution in [0, 0.1) is 0 Å². The predicted octanol–water partition coefficient (Wildman–Crippen LogP) is 1.97. The fraction of sp³-hybridized carbons (Fsp3) is 0.267. The van der Waals surface area contributed by atoms with E-state index in [0.29, 0.717) is 0 Å². The molecule has 5 nitrogen and oxygen atoms in total. The number of aliphatic carboxylic acids is 1. The van der Waals surface area contributed by atoms with Crippen LogP contribution in [0.4, 0.5) is 0 Å². The molecule has 0 radical (unpaired) electrons. The van der Waals surface area contributed by atoms with E-state index in [0.717, 1.165) is 30.8 Å².